The fourth-order valence-corrected chi connectivity index (χ4v) is 2.87. The number of carboxylic acid groups (broad SMARTS) is 1. The summed E-state index contributed by atoms with van der Waals surface area (Å²) in [6.45, 7) is 3.75. The topological polar surface area (TPSA) is 70.0 Å². The summed E-state index contributed by atoms with van der Waals surface area (Å²) in [6.07, 6.45) is 4.26. The molecule has 21 heavy (non-hydrogen) atoms. The van der Waals surface area contributed by atoms with E-state index in [2.05, 4.69) is 0 Å². The Morgan fingerprint density at radius 3 is 2.52 bits per heavy atom. The van der Waals surface area contributed by atoms with Gasteiger partial charge in [0.25, 0.3) is 0 Å². The van der Waals surface area contributed by atoms with Gasteiger partial charge < -0.3 is 14.9 Å². The molecule has 1 aliphatic rings. The second-order valence-electron chi connectivity index (χ2n) is 5.32. The van der Waals surface area contributed by atoms with Crippen molar-refractivity contribution in [3.05, 3.63) is 23.8 Å². The highest BCUT2D eigenvalue weighted by Gasteiger charge is 2.31. The molecule has 5 nitrogen and oxygen atoms in total. The van der Waals surface area contributed by atoms with Crippen LogP contribution in [0.2, 0.25) is 0 Å². The minimum absolute atomic E-state index is 0.0593. The van der Waals surface area contributed by atoms with E-state index in [4.69, 9.17) is 4.74 Å². The van der Waals surface area contributed by atoms with Crippen molar-refractivity contribution < 1.29 is 19.7 Å². The van der Waals surface area contributed by atoms with E-state index in [1.54, 1.807) is 18.2 Å². The number of benzene rings is 1. The number of ether oxygens (including phenoxy) is 1. The Balaban J connectivity index is 2.33. The molecule has 0 amide bonds. The molecule has 0 spiro atoms. The van der Waals surface area contributed by atoms with Crippen LogP contribution in [-0.4, -0.2) is 40.8 Å². The van der Waals surface area contributed by atoms with Gasteiger partial charge in [0.05, 0.1) is 6.61 Å². The van der Waals surface area contributed by atoms with Crippen molar-refractivity contribution in [1.82, 2.24) is 4.90 Å². The third-order valence-electron chi connectivity index (χ3n) is 3.86. The zero-order chi connectivity index (χ0) is 15.2. The Morgan fingerprint density at radius 2 is 1.95 bits per heavy atom. The molecule has 5 heteroatoms. The van der Waals surface area contributed by atoms with Crippen molar-refractivity contribution in [2.75, 3.05) is 19.7 Å². The van der Waals surface area contributed by atoms with Crippen LogP contribution in [0.4, 0.5) is 0 Å². The molecule has 116 valence electrons. The lowest BCUT2D eigenvalue weighted by Crippen LogP contribution is -2.35. The Bertz CT molecular complexity index is 481. The van der Waals surface area contributed by atoms with Gasteiger partial charge in [0, 0.05) is 5.56 Å². The van der Waals surface area contributed by atoms with Gasteiger partial charge in [0.15, 0.2) is 11.5 Å². The first-order valence-corrected chi connectivity index (χ1v) is 7.56. The van der Waals surface area contributed by atoms with E-state index in [-0.39, 0.29) is 5.75 Å². The van der Waals surface area contributed by atoms with E-state index in [1.807, 2.05) is 11.8 Å². The smallest absolute Gasteiger partial charge is 0.325 e. The molecular formula is C16H23NO4. The van der Waals surface area contributed by atoms with Crippen molar-refractivity contribution >= 4 is 5.97 Å². The number of phenolic OH excluding ortho intramolecular Hbond substituents is 1. The Morgan fingerprint density at radius 1 is 1.29 bits per heavy atom. The number of para-hydroxylation sites is 1. The Hall–Kier alpha value is -1.75. The zero-order valence-corrected chi connectivity index (χ0v) is 12.4. The first kappa shape index (κ1) is 15.6. The van der Waals surface area contributed by atoms with Gasteiger partial charge in [-0.1, -0.05) is 25.0 Å². The molecule has 2 rings (SSSR count). The third kappa shape index (κ3) is 3.67. The second-order valence-corrected chi connectivity index (χ2v) is 5.32. The van der Waals surface area contributed by atoms with Crippen LogP contribution >= 0.6 is 0 Å². The maximum atomic E-state index is 11.7. The largest absolute Gasteiger partial charge is 0.504 e. The number of likely N-dealkylation sites (tertiary alicyclic amines) is 1. The average molecular weight is 293 g/mol. The highest BCUT2D eigenvalue weighted by Crippen LogP contribution is 2.37. The molecular weight excluding hydrogens is 270 g/mol. The summed E-state index contributed by atoms with van der Waals surface area (Å²) < 4.78 is 5.36. The summed E-state index contributed by atoms with van der Waals surface area (Å²) in [4.78, 5) is 13.7. The highest BCUT2D eigenvalue weighted by molar-refractivity contribution is 5.77. The second kappa shape index (κ2) is 7.31. The number of carbonyl (C=O) groups is 1. The molecule has 1 saturated heterocycles. The fourth-order valence-electron chi connectivity index (χ4n) is 2.87. The third-order valence-corrected chi connectivity index (χ3v) is 3.86. The molecule has 0 saturated carbocycles. The lowest BCUT2D eigenvalue weighted by Gasteiger charge is -2.28. The van der Waals surface area contributed by atoms with E-state index in [1.165, 1.54) is 0 Å². The van der Waals surface area contributed by atoms with Gasteiger partial charge in [-0.15, -0.1) is 0 Å². The molecule has 1 aliphatic heterocycles. The number of aliphatic carboxylic acids is 1. The monoisotopic (exact) mass is 293 g/mol. The maximum Gasteiger partial charge on any atom is 0.325 e. The molecule has 1 aromatic carbocycles. The number of rotatable bonds is 5. The van der Waals surface area contributed by atoms with Crippen LogP contribution < -0.4 is 4.74 Å². The van der Waals surface area contributed by atoms with Gasteiger partial charge in [-0.25, -0.2) is 0 Å². The Labute approximate surface area is 125 Å². The number of carboxylic acids is 1. The van der Waals surface area contributed by atoms with Crippen molar-refractivity contribution in [3.8, 4) is 11.5 Å². The molecule has 1 fully saturated rings. The molecule has 1 unspecified atom stereocenters. The molecule has 2 N–H and O–H groups in total. The highest BCUT2D eigenvalue weighted by atomic mass is 16.5. The first-order chi connectivity index (χ1) is 10.1. The summed E-state index contributed by atoms with van der Waals surface area (Å²) in [5.74, 6) is -0.645. The van der Waals surface area contributed by atoms with Crippen molar-refractivity contribution in [1.29, 1.82) is 0 Å². The van der Waals surface area contributed by atoms with E-state index < -0.39 is 12.0 Å². The molecule has 0 radical (unpaired) electrons. The zero-order valence-electron chi connectivity index (χ0n) is 12.4. The molecule has 1 heterocycles. The van der Waals surface area contributed by atoms with E-state index >= 15 is 0 Å². The van der Waals surface area contributed by atoms with Crippen molar-refractivity contribution in [2.45, 2.75) is 38.6 Å². The molecule has 0 aliphatic carbocycles. The van der Waals surface area contributed by atoms with Crippen LogP contribution in [0.5, 0.6) is 11.5 Å². The number of hydrogen-bond acceptors (Lipinski definition) is 4. The van der Waals surface area contributed by atoms with Gasteiger partial charge in [0.2, 0.25) is 0 Å². The minimum atomic E-state index is -0.930. The normalized spacial score (nSPS) is 18.0. The predicted molar refractivity (Wildman–Crippen MR) is 79.7 cm³/mol. The predicted octanol–water partition coefficient (Wildman–Crippen LogP) is 2.79. The van der Waals surface area contributed by atoms with Crippen LogP contribution in [0, 0.1) is 0 Å². The average Bonchev–Trinajstić information content (AvgIpc) is 2.72. The summed E-state index contributed by atoms with van der Waals surface area (Å²) in [5, 5.41) is 19.9. The maximum absolute atomic E-state index is 11.7. The molecule has 0 aromatic heterocycles. The molecule has 1 atom stereocenters. The summed E-state index contributed by atoms with van der Waals surface area (Å²) in [5.41, 5.74) is 0.412. The number of aromatic hydroxyl groups is 1. The molecule has 0 bridgehead atoms. The summed E-state index contributed by atoms with van der Waals surface area (Å²) >= 11 is 0. The number of phenols is 1. The van der Waals surface area contributed by atoms with Gasteiger partial charge in [-0.3, -0.25) is 9.69 Å². The van der Waals surface area contributed by atoms with Gasteiger partial charge >= 0.3 is 5.97 Å². The van der Waals surface area contributed by atoms with Crippen LogP contribution in [0.3, 0.4) is 0 Å². The number of nitrogens with zero attached hydrogens (tertiary/aromatic N) is 1. The van der Waals surface area contributed by atoms with E-state index in [0.717, 1.165) is 38.8 Å². The lowest BCUT2D eigenvalue weighted by atomic mass is 10.0. The lowest BCUT2D eigenvalue weighted by molar-refractivity contribution is -0.143. The van der Waals surface area contributed by atoms with Crippen molar-refractivity contribution in [3.63, 3.8) is 0 Å². The van der Waals surface area contributed by atoms with Gasteiger partial charge in [-0.2, -0.15) is 0 Å². The first-order valence-electron chi connectivity index (χ1n) is 7.56. The number of hydrogen-bond donors (Lipinski definition) is 2. The fraction of sp³-hybridized carbons (Fsp3) is 0.562. The van der Waals surface area contributed by atoms with Crippen LogP contribution in [0.15, 0.2) is 18.2 Å². The SMILES string of the molecule is CCOc1cccc(C(C(=O)O)N2CCCCCC2)c1O. The standard InChI is InChI=1S/C16H23NO4/c1-2-21-13-9-7-8-12(15(13)18)14(16(19)20)17-10-5-3-4-6-11-17/h7-9,14,18H,2-6,10-11H2,1H3,(H,19,20). The van der Waals surface area contributed by atoms with Crippen LogP contribution in [0.25, 0.3) is 0 Å². The van der Waals surface area contributed by atoms with Gasteiger partial charge in [0.1, 0.15) is 6.04 Å². The van der Waals surface area contributed by atoms with Crippen LogP contribution in [-0.2, 0) is 4.79 Å². The Kier molecular flexibility index (Phi) is 5.44. The van der Waals surface area contributed by atoms with E-state index in [0.29, 0.717) is 17.9 Å². The minimum Gasteiger partial charge on any atom is -0.504 e. The summed E-state index contributed by atoms with van der Waals surface area (Å²) in [7, 11) is 0. The van der Waals surface area contributed by atoms with Crippen LogP contribution in [0.1, 0.15) is 44.2 Å². The summed E-state index contributed by atoms with van der Waals surface area (Å²) in [6, 6.07) is 4.24. The van der Waals surface area contributed by atoms with Gasteiger partial charge in [-0.05, 0) is 38.9 Å². The quantitative estimate of drug-likeness (QED) is 0.873. The van der Waals surface area contributed by atoms with E-state index in [9.17, 15) is 15.0 Å². The van der Waals surface area contributed by atoms with Crippen molar-refractivity contribution in [2.24, 2.45) is 0 Å². The molecule has 1 aromatic rings.